The van der Waals surface area contributed by atoms with Gasteiger partial charge in [-0.15, -0.1) is 0 Å². The fourth-order valence-electron chi connectivity index (χ4n) is 5.14. The summed E-state index contributed by atoms with van der Waals surface area (Å²) in [5.41, 5.74) is 1.67. The van der Waals surface area contributed by atoms with Gasteiger partial charge in [-0.1, -0.05) is 12.8 Å². The molecule has 0 bridgehead atoms. The molecule has 34 heavy (non-hydrogen) atoms. The van der Waals surface area contributed by atoms with Gasteiger partial charge in [0.25, 0.3) is 5.91 Å². The van der Waals surface area contributed by atoms with Crippen LogP contribution in [-0.2, 0) is 4.79 Å². The molecule has 5 rings (SSSR count). The minimum Gasteiger partial charge on any atom is -0.489 e. The van der Waals surface area contributed by atoms with Crippen molar-refractivity contribution in [2.75, 3.05) is 27.2 Å². The lowest BCUT2D eigenvalue weighted by Gasteiger charge is -2.33. The van der Waals surface area contributed by atoms with Gasteiger partial charge < -0.3 is 19.1 Å². The van der Waals surface area contributed by atoms with Crippen LogP contribution >= 0.6 is 0 Å². The quantitative estimate of drug-likeness (QED) is 0.570. The van der Waals surface area contributed by atoms with Crippen LogP contribution in [-0.4, -0.2) is 64.5 Å². The smallest absolute Gasteiger partial charge is 0.253 e. The van der Waals surface area contributed by atoms with Gasteiger partial charge >= 0.3 is 0 Å². The zero-order chi connectivity index (χ0) is 23.7. The van der Waals surface area contributed by atoms with Crippen molar-refractivity contribution in [3.05, 3.63) is 54.4 Å². The van der Waals surface area contributed by atoms with E-state index in [1.54, 1.807) is 25.2 Å². The average Bonchev–Trinajstić information content (AvgIpc) is 3.54. The first-order valence-corrected chi connectivity index (χ1v) is 12.2. The van der Waals surface area contributed by atoms with Crippen LogP contribution in [0.4, 0.5) is 0 Å². The number of hydrogen-bond acceptors (Lipinski definition) is 4. The van der Waals surface area contributed by atoms with Gasteiger partial charge in [0.15, 0.2) is 0 Å². The number of pyridine rings is 1. The van der Waals surface area contributed by atoms with Crippen LogP contribution < -0.4 is 4.74 Å². The molecule has 2 amide bonds. The topological polar surface area (TPSA) is 67.7 Å². The second-order valence-electron chi connectivity index (χ2n) is 9.63. The zero-order valence-electron chi connectivity index (χ0n) is 19.9. The van der Waals surface area contributed by atoms with E-state index in [4.69, 9.17) is 4.74 Å². The third-order valence-electron chi connectivity index (χ3n) is 7.07. The van der Waals surface area contributed by atoms with Crippen molar-refractivity contribution in [1.29, 1.82) is 0 Å². The lowest BCUT2D eigenvalue weighted by molar-refractivity contribution is -0.137. The van der Waals surface area contributed by atoms with Crippen molar-refractivity contribution in [3.63, 3.8) is 0 Å². The van der Waals surface area contributed by atoms with E-state index in [-0.39, 0.29) is 17.9 Å². The third-order valence-corrected chi connectivity index (χ3v) is 7.07. The first kappa shape index (κ1) is 22.4. The standard InChI is InChI=1S/C27H32N4O3/c1-29(2)26(32)21-7-9-24-20(17-21)11-16-31(24)25-10-8-23(18-28-25)34-22-12-14-30(15-13-22)27(33)19-5-3-4-6-19/h7-11,16-19,22H,3-6,12-15H2,1-2H3. The van der Waals surface area contributed by atoms with E-state index >= 15 is 0 Å². The molecule has 2 aliphatic rings. The zero-order valence-corrected chi connectivity index (χ0v) is 19.9. The molecular weight excluding hydrogens is 428 g/mol. The number of amides is 2. The normalized spacial score (nSPS) is 17.3. The summed E-state index contributed by atoms with van der Waals surface area (Å²) >= 11 is 0. The van der Waals surface area contributed by atoms with Gasteiger partial charge in [-0.05, 0) is 49.2 Å². The number of benzene rings is 1. The lowest BCUT2D eigenvalue weighted by Crippen LogP contribution is -2.43. The molecule has 0 N–H and O–H groups in total. The van der Waals surface area contributed by atoms with E-state index in [2.05, 4.69) is 4.98 Å². The number of hydrogen-bond donors (Lipinski definition) is 0. The lowest BCUT2D eigenvalue weighted by atomic mass is 10.0. The van der Waals surface area contributed by atoms with E-state index in [9.17, 15) is 9.59 Å². The van der Waals surface area contributed by atoms with Crippen molar-refractivity contribution in [2.24, 2.45) is 5.92 Å². The third kappa shape index (κ3) is 4.52. The fraction of sp³-hybridized carbons (Fsp3) is 0.444. The Kier molecular flexibility index (Phi) is 6.26. The van der Waals surface area contributed by atoms with Crippen LogP contribution in [0, 0.1) is 5.92 Å². The van der Waals surface area contributed by atoms with Gasteiger partial charge in [0.1, 0.15) is 17.7 Å². The second-order valence-corrected chi connectivity index (χ2v) is 9.63. The maximum Gasteiger partial charge on any atom is 0.253 e. The van der Waals surface area contributed by atoms with Crippen LogP contribution in [0.3, 0.4) is 0 Å². The molecule has 2 aromatic heterocycles. The molecule has 3 aromatic rings. The molecule has 7 heteroatoms. The Morgan fingerprint density at radius 3 is 2.44 bits per heavy atom. The highest BCUT2D eigenvalue weighted by molar-refractivity contribution is 5.98. The molecule has 1 aliphatic carbocycles. The number of carbonyl (C=O) groups is 2. The number of piperidine rings is 1. The van der Waals surface area contributed by atoms with Gasteiger partial charge in [-0.2, -0.15) is 0 Å². The van der Waals surface area contributed by atoms with Crippen molar-refractivity contribution < 1.29 is 14.3 Å². The van der Waals surface area contributed by atoms with E-state index in [0.29, 0.717) is 11.5 Å². The van der Waals surface area contributed by atoms with Gasteiger partial charge in [-0.25, -0.2) is 4.98 Å². The van der Waals surface area contributed by atoms with Crippen LogP contribution in [0.5, 0.6) is 5.75 Å². The Balaban J connectivity index is 1.21. The molecule has 0 unspecified atom stereocenters. The molecule has 1 aliphatic heterocycles. The first-order valence-electron chi connectivity index (χ1n) is 12.2. The Morgan fingerprint density at radius 2 is 1.76 bits per heavy atom. The molecule has 7 nitrogen and oxygen atoms in total. The Morgan fingerprint density at radius 1 is 1.00 bits per heavy atom. The van der Waals surface area contributed by atoms with Crippen LogP contribution in [0.15, 0.2) is 48.8 Å². The summed E-state index contributed by atoms with van der Waals surface area (Å²) in [4.78, 5) is 33.1. The number of aromatic nitrogens is 2. The summed E-state index contributed by atoms with van der Waals surface area (Å²) in [6.07, 6.45) is 10.0. The van der Waals surface area contributed by atoms with Gasteiger partial charge in [0.05, 0.1) is 11.7 Å². The number of nitrogens with zero attached hydrogens (tertiary/aromatic N) is 4. The summed E-state index contributed by atoms with van der Waals surface area (Å²) in [6, 6.07) is 11.6. The first-order chi connectivity index (χ1) is 16.5. The van der Waals surface area contributed by atoms with E-state index < -0.39 is 0 Å². The van der Waals surface area contributed by atoms with Crippen molar-refractivity contribution in [1.82, 2.24) is 19.4 Å². The Labute approximate surface area is 200 Å². The molecule has 2 fully saturated rings. The van der Waals surface area contributed by atoms with Crippen LogP contribution in [0.2, 0.25) is 0 Å². The molecule has 1 saturated heterocycles. The van der Waals surface area contributed by atoms with Gasteiger partial charge in [0, 0.05) is 63.1 Å². The minimum absolute atomic E-state index is 0.0111. The molecule has 1 aromatic carbocycles. The highest BCUT2D eigenvalue weighted by Gasteiger charge is 2.30. The second kappa shape index (κ2) is 9.49. The largest absolute Gasteiger partial charge is 0.489 e. The molecular formula is C27H32N4O3. The number of likely N-dealkylation sites (tertiary alicyclic amines) is 1. The number of fused-ring (bicyclic) bond motifs is 1. The van der Waals surface area contributed by atoms with Crippen LogP contribution in [0.1, 0.15) is 48.9 Å². The number of ether oxygens (including phenoxy) is 1. The molecule has 1 saturated carbocycles. The average molecular weight is 461 g/mol. The van der Waals surface area contributed by atoms with Crippen molar-refractivity contribution >= 4 is 22.7 Å². The predicted molar refractivity (Wildman–Crippen MR) is 131 cm³/mol. The van der Waals surface area contributed by atoms with Crippen molar-refractivity contribution in [3.8, 4) is 11.6 Å². The molecule has 0 radical (unpaired) electrons. The maximum atomic E-state index is 12.6. The number of carbonyl (C=O) groups excluding carboxylic acids is 2. The fourth-order valence-corrected chi connectivity index (χ4v) is 5.14. The highest BCUT2D eigenvalue weighted by atomic mass is 16.5. The summed E-state index contributed by atoms with van der Waals surface area (Å²) in [5.74, 6) is 2.13. The van der Waals surface area contributed by atoms with E-state index in [0.717, 1.165) is 61.2 Å². The van der Waals surface area contributed by atoms with E-state index in [1.165, 1.54) is 12.8 Å². The summed E-state index contributed by atoms with van der Waals surface area (Å²) in [6.45, 7) is 1.55. The molecule has 0 atom stereocenters. The molecule has 0 spiro atoms. The maximum absolute atomic E-state index is 12.6. The van der Waals surface area contributed by atoms with Gasteiger partial charge in [-0.3, -0.25) is 9.59 Å². The Hall–Kier alpha value is -3.35. The number of rotatable bonds is 5. The highest BCUT2D eigenvalue weighted by Crippen LogP contribution is 2.28. The SMILES string of the molecule is CN(C)C(=O)c1ccc2c(ccn2-c2ccc(OC3CCN(C(=O)C4CCCC4)CC3)cn2)c1. The van der Waals surface area contributed by atoms with E-state index in [1.807, 2.05) is 52.1 Å². The van der Waals surface area contributed by atoms with Gasteiger partial charge in [0.2, 0.25) is 5.91 Å². The predicted octanol–water partition coefficient (Wildman–Crippen LogP) is 4.29. The van der Waals surface area contributed by atoms with Crippen LogP contribution in [0.25, 0.3) is 16.7 Å². The summed E-state index contributed by atoms with van der Waals surface area (Å²) in [7, 11) is 3.51. The molecule has 178 valence electrons. The Bertz CT molecular complexity index is 1170. The summed E-state index contributed by atoms with van der Waals surface area (Å²) < 4.78 is 8.19. The minimum atomic E-state index is -0.0111. The molecule has 3 heterocycles. The monoisotopic (exact) mass is 460 g/mol. The van der Waals surface area contributed by atoms with Crippen molar-refractivity contribution in [2.45, 2.75) is 44.6 Å². The summed E-state index contributed by atoms with van der Waals surface area (Å²) in [5, 5.41) is 0.994.